The summed E-state index contributed by atoms with van der Waals surface area (Å²) in [5.74, 6) is -5.73. The third kappa shape index (κ3) is 12.9. The number of aliphatic hydroxyl groups excluding tert-OH is 1. The summed E-state index contributed by atoms with van der Waals surface area (Å²) < 4.78 is 1.88. The van der Waals surface area contributed by atoms with Crippen LogP contribution in [0.5, 0.6) is 0 Å². The highest BCUT2D eigenvalue weighted by Crippen LogP contribution is 2.40. The van der Waals surface area contributed by atoms with Gasteiger partial charge in [-0.3, -0.25) is 47.9 Å². The van der Waals surface area contributed by atoms with Crippen molar-refractivity contribution < 1.29 is 43.5 Å². The maximum atomic E-state index is 14.6. The number of thiazole rings is 1. The molecule has 3 aliphatic rings. The zero-order chi connectivity index (χ0) is 57.2. The number of aliphatic hydroxyl groups is 1. The second-order valence-electron chi connectivity index (χ2n) is 20.7. The molecule has 26 heteroatoms. The average Bonchev–Trinajstić information content (AvgIpc) is 4.37. The molecule has 3 aromatic heterocycles. The zero-order valence-corrected chi connectivity index (χ0v) is 47.9. The van der Waals surface area contributed by atoms with E-state index in [2.05, 4.69) is 41.8 Å². The van der Waals surface area contributed by atoms with E-state index in [1.165, 1.54) is 34.6 Å². The highest BCUT2D eigenvalue weighted by molar-refractivity contribution is 8.00. The number of thiophene rings is 1. The summed E-state index contributed by atoms with van der Waals surface area (Å²) in [5.41, 5.74) is 11.7. The van der Waals surface area contributed by atoms with Gasteiger partial charge in [0.15, 0.2) is 5.82 Å². The molecule has 3 aliphatic heterocycles. The molecule has 0 unspecified atom stereocenters. The maximum absolute atomic E-state index is 14.6. The Bertz CT molecular complexity index is 3230. The van der Waals surface area contributed by atoms with Crippen LogP contribution in [0, 0.1) is 33.1 Å². The predicted molar refractivity (Wildman–Crippen MR) is 300 cm³/mol. The molecule has 6 heterocycles. The first-order chi connectivity index (χ1) is 37.4. The van der Waals surface area contributed by atoms with Gasteiger partial charge in [-0.25, -0.2) is 4.98 Å². The first kappa shape index (κ1) is 58.1. The van der Waals surface area contributed by atoms with Crippen LogP contribution in [0.2, 0.25) is 5.02 Å². The predicted octanol–water partition coefficient (Wildman–Crippen LogP) is 2.75. The molecule has 2 aromatic carbocycles. The number of nitrogens with two attached hydrogens (primary N) is 1. The van der Waals surface area contributed by atoms with Crippen LogP contribution >= 0.6 is 46.0 Å². The molecular weight excluding hydrogens is 1090 g/mol. The largest absolute Gasteiger partial charge is 0.391 e. The third-order valence-corrected chi connectivity index (χ3v) is 17.5. The molecule has 0 radical (unpaired) electrons. The summed E-state index contributed by atoms with van der Waals surface area (Å²) >= 11 is 10.2. The molecule has 7 atom stereocenters. The van der Waals surface area contributed by atoms with Gasteiger partial charge in [-0.1, -0.05) is 68.8 Å². The number of rotatable bonds is 8. The number of aryl methyl sites for hydroxylation is 3. The van der Waals surface area contributed by atoms with Crippen molar-refractivity contribution in [2.24, 2.45) is 16.1 Å². The van der Waals surface area contributed by atoms with E-state index in [1.807, 2.05) is 37.5 Å². The standard InChI is InChI=1S/C53H62ClN13O9S3/c1-25-27(3)79-52-41(25)42(29-13-15-32(54)16-14-29)60-34(47-64-63-28(4)67(47)52)18-38(69)56-19-35-50(75)65(8)37(46(55)72)22-77-23-40(71)61-45(53(5,6)7)51(76)66-21-33(68)17-36(66)48(73)62-43(49(74)57-20-39(70)59-35)30-9-11-31(12-10-30)44-26(2)58-24-78-44/h9-16,24,33-37,43,45,68H,17-23H2,1-8H3,(H2,55,72)(H,56,69)(H,57,74)(H,59,70)(H,61,71)(H,62,73)/t33-,34+,35-,36+,37-,43-,45-/m1/s1. The SMILES string of the molecule is Cc1ncsc1-c1ccc([C@H]2NC(=O)[C@@H]3C[C@@H](O)CN3C(=O)[C@H](C(C)(C)C)NC(=O)CSC[C@H](C(N)=O)N(C)C(=O)[C@@H](CNC(=O)C[C@@H]3N=C(c4ccc(Cl)cc4)c4c(sc(C)c4C)-n4c(C)nnc43)NC(=O)CNC2=O)cc1. The summed E-state index contributed by atoms with van der Waals surface area (Å²) in [5, 5.41) is 34.5. The Morgan fingerprint density at radius 1 is 0.899 bits per heavy atom. The first-order valence-electron chi connectivity index (χ1n) is 25.3. The Morgan fingerprint density at radius 2 is 1.59 bits per heavy atom. The second-order valence-corrected chi connectivity index (χ2v) is 24.3. The summed E-state index contributed by atoms with van der Waals surface area (Å²) in [7, 11) is 1.29. The van der Waals surface area contributed by atoms with Gasteiger partial charge < -0.3 is 47.2 Å². The Labute approximate surface area is 473 Å². The lowest BCUT2D eigenvalue weighted by molar-refractivity contribution is -0.144. The molecule has 0 saturated carbocycles. The van der Waals surface area contributed by atoms with E-state index in [9.17, 15) is 43.5 Å². The molecule has 418 valence electrons. The molecule has 2 saturated heterocycles. The van der Waals surface area contributed by atoms with Crippen molar-refractivity contribution in [1.82, 2.24) is 56.1 Å². The van der Waals surface area contributed by atoms with Crippen molar-refractivity contribution in [2.75, 3.05) is 38.2 Å². The van der Waals surface area contributed by atoms with Crippen LogP contribution in [0.25, 0.3) is 15.4 Å². The average molecular weight is 1160 g/mol. The van der Waals surface area contributed by atoms with E-state index in [0.717, 1.165) is 59.4 Å². The lowest BCUT2D eigenvalue weighted by atomic mass is 9.85. The van der Waals surface area contributed by atoms with E-state index >= 15 is 0 Å². The van der Waals surface area contributed by atoms with Crippen molar-refractivity contribution in [1.29, 1.82) is 0 Å². The van der Waals surface area contributed by atoms with E-state index in [1.54, 1.807) is 69.6 Å². The smallest absolute Gasteiger partial charge is 0.247 e. The monoisotopic (exact) mass is 1160 g/mol. The molecule has 8 rings (SSSR count). The quantitative estimate of drug-likeness (QED) is 0.118. The molecule has 22 nitrogen and oxygen atoms in total. The number of benzene rings is 2. The molecule has 79 heavy (non-hydrogen) atoms. The number of carbonyl (C=O) groups is 8. The lowest BCUT2D eigenvalue weighted by Gasteiger charge is -2.35. The fourth-order valence-electron chi connectivity index (χ4n) is 9.63. The number of likely N-dealkylation sites (N-methyl/N-ethyl adjacent to an activating group) is 1. The van der Waals surface area contributed by atoms with Gasteiger partial charge in [-0.15, -0.1) is 44.6 Å². The van der Waals surface area contributed by atoms with Gasteiger partial charge in [0.25, 0.3) is 0 Å². The lowest BCUT2D eigenvalue weighted by Crippen LogP contribution is -2.58. The number of nitrogens with zero attached hydrogens (tertiary/aromatic N) is 7. The topological polar surface area (TPSA) is 305 Å². The summed E-state index contributed by atoms with van der Waals surface area (Å²) in [6, 6.07) is 6.19. The van der Waals surface area contributed by atoms with E-state index < -0.39 is 108 Å². The summed E-state index contributed by atoms with van der Waals surface area (Å²) in [6.45, 7) is 11.3. The van der Waals surface area contributed by atoms with Gasteiger partial charge >= 0.3 is 0 Å². The number of primary amides is 1. The van der Waals surface area contributed by atoms with Gasteiger partial charge in [-0.2, -0.15) is 0 Å². The van der Waals surface area contributed by atoms with Crippen molar-refractivity contribution in [3.63, 3.8) is 0 Å². The van der Waals surface area contributed by atoms with Crippen molar-refractivity contribution in [3.05, 3.63) is 104 Å². The number of fused-ring (bicyclic) bond motifs is 4. The highest BCUT2D eigenvalue weighted by atomic mass is 35.5. The van der Waals surface area contributed by atoms with Crippen LogP contribution in [-0.4, -0.2) is 156 Å². The maximum Gasteiger partial charge on any atom is 0.247 e. The highest BCUT2D eigenvalue weighted by Gasteiger charge is 2.46. The molecule has 0 aliphatic carbocycles. The number of aromatic nitrogens is 4. The van der Waals surface area contributed by atoms with Crippen molar-refractivity contribution in [3.8, 4) is 15.4 Å². The van der Waals surface area contributed by atoms with Crippen LogP contribution in [-0.2, 0) is 38.4 Å². The normalized spacial score (nSPS) is 23.0. The molecule has 0 bridgehead atoms. The minimum atomic E-state index is -1.56. The fourth-order valence-corrected chi connectivity index (χ4v) is 12.8. The number of nitrogens with one attached hydrogen (secondary N) is 5. The number of halogens is 1. The van der Waals surface area contributed by atoms with Gasteiger partial charge in [-0.05, 0) is 61.9 Å². The van der Waals surface area contributed by atoms with E-state index in [4.69, 9.17) is 22.3 Å². The van der Waals surface area contributed by atoms with Gasteiger partial charge in [0, 0.05) is 53.3 Å². The molecule has 0 spiro atoms. The number of carbonyl (C=O) groups excluding carboxylic acids is 8. The minimum absolute atomic E-state index is 0.179. The number of aliphatic imine (C=N–C) groups is 1. The molecule has 2 fully saturated rings. The van der Waals surface area contributed by atoms with Crippen molar-refractivity contribution in [2.45, 2.75) is 104 Å². The Hall–Kier alpha value is -7.06. The van der Waals surface area contributed by atoms with Crippen LogP contribution in [0.4, 0.5) is 0 Å². The number of amides is 8. The molecular formula is C53H62ClN13O9S3. The minimum Gasteiger partial charge on any atom is -0.391 e. The first-order valence-corrected chi connectivity index (χ1v) is 28.6. The number of hydrogen-bond acceptors (Lipinski definition) is 16. The molecule has 8 amide bonds. The summed E-state index contributed by atoms with van der Waals surface area (Å²) in [4.78, 5) is 126. The van der Waals surface area contributed by atoms with Gasteiger partial charge in [0.1, 0.15) is 47.1 Å². The van der Waals surface area contributed by atoms with Crippen LogP contribution < -0.4 is 32.3 Å². The Kier molecular flexibility index (Phi) is 17.7. The summed E-state index contributed by atoms with van der Waals surface area (Å²) in [6.07, 6.45) is -1.59. The van der Waals surface area contributed by atoms with Crippen molar-refractivity contribution >= 4 is 99.0 Å². The molecule has 8 N–H and O–H groups in total. The third-order valence-electron chi connectivity index (χ3n) is 14.0. The van der Waals surface area contributed by atoms with Crippen LogP contribution in [0.15, 0.2) is 59.0 Å². The van der Waals surface area contributed by atoms with Crippen LogP contribution in [0.1, 0.15) is 90.2 Å². The number of thioether (sulfide) groups is 1. The second kappa shape index (κ2) is 24.1. The van der Waals surface area contributed by atoms with E-state index in [0.29, 0.717) is 27.9 Å². The van der Waals surface area contributed by atoms with Crippen LogP contribution in [0.3, 0.4) is 0 Å². The van der Waals surface area contributed by atoms with Gasteiger partial charge in [0.2, 0.25) is 47.3 Å². The van der Waals surface area contributed by atoms with Gasteiger partial charge in [0.05, 0.1) is 46.6 Å². The Balaban J connectivity index is 1.09. The Morgan fingerprint density at radius 3 is 2.25 bits per heavy atom. The number of hydrogen-bond donors (Lipinski definition) is 7. The molecule has 5 aromatic rings. The fraction of sp³-hybridized carbons (Fsp3) is 0.434. The zero-order valence-electron chi connectivity index (χ0n) is 44.7. The van der Waals surface area contributed by atoms with E-state index in [-0.39, 0.29) is 30.9 Å².